The number of hydrogen-bond donors (Lipinski definition) is 2. The number of fused-ring (bicyclic) bond motifs is 1. The lowest BCUT2D eigenvalue weighted by molar-refractivity contribution is -0.135. The Morgan fingerprint density at radius 2 is 2.14 bits per heavy atom. The number of rotatable bonds is 6. The van der Waals surface area contributed by atoms with Gasteiger partial charge in [0.25, 0.3) is 0 Å². The third-order valence-electron chi connectivity index (χ3n) is 5.55. The van der Waals surface area contributed by atoms with Crippen molar-refractivity contribution in [2.45, 2.75) is 38.4 Å². The molecular weight excluding hydrogens is 433 g/mol. The van der Waals surface area contributed by atoms with Crippen molar-refractivity contribution >= 4 is 34.2 Å². The van der Waals surface area contributed by atoms with Crippen LogP contribution in [0.1, 0.15) is 24.8 Å². The number of hydrogen-bond acceptors (Lipinski definition) is 5. The molecule has 1 aliphatic carbocycles. The predicted molar refractivity (Wildman–Crippen MR) is 102 cm³/mol. The van der Waals surface area contributed by atoms with Gasteiger partial charge in [0.05, 0.1) is 6.42 Å². The third-order valence-corrected chi connectivity index (χ3v) is 6.58. The molecule has 0 amide bonds. The molecule has 0 bridgehead atoms. The summed E-state index contributed by atoms with van der Waals surface area (Å²) in [5.41, 5.74) is 4.23. The first-order chi connectivity index (χ1) is 13.6. The summed E-state index contributed by atoms with van der Waals surface area (Å²) >= 11 is 3.80. The Morgan fingerprint density at radius 3 is 2.76 bits per heavy atom. The van der Waals surface area contributed by atoms with Gasteiger partial charge in [0.15, 0.2) is 5.82 Å². The summed E-state index contributed by atoms with van der Waals surface area (Å²) in [6.07, 6.45) is -2.68. The van der Waals surface area contributed by atoms with Crippen LogP contribution >= 0.6 is 11.6 Å². The fraction of sp³-hybridized carbons (Fsp3) is 0.625. The highest BCUT2D eigenvalue weighted by Crippen LogP contribution is 2.51. The minimum Gasteiger partial charge on any atom is -0.354 e. The molecule has 3 heterocycles. The molecule has 1 saturated heterocycles. The number of hydrazine groups is 1. The number of nitrogens with one attached hydrogen (secondary N) is 1. The fourth-order valence-electron chi connectivity index (χ4n) is 4.29. The lowest BCUT2D eigenvalue weighted by atomic mass is 9.61. The second-order valence-corrected chi connectivity index (χ2v) is 8.98. The molecule has 1 atom stereocenters. The standard InChI is InChI=1S/C16H20ClF3N6O2S/c1-10-4-12(17)25-13(10)14(21-9-23-25)24-7-15(8-24)5-11(6-15)26(29(27)28)22-3-2-16(18,19)20/h4,9,11,22H,2-3,5-8H2,1H3,(H,27,28). The largest absolute Gasteiger partial charge is 0.390 e. The minimum absolute atomic E-state index is 0.0276. The molecule has 160 valence electrons. The SMILES string of the molecule is Cc1cc(Cl)n2ncnc(N3CC4(CC(N(NCCC(F)(F)F)S(=O)O)C4)C3)c12. The average molecular weight is 453 g/mol. The molecule has 2 N–H and O–H groups in total. The maximum absolute atomic E-state index is 12.3. The van der Waals surface area contributed by atoms with Gasteiger partial charge < -0.3 is 4.90 Å². The first-order valence-corrected chi connectivity index (χ1v) is 10.5. The van der Waals surface area contributed by atoms with E-state index >= 15 is 0 Å². The first kappa shape index (κ1) is 20.8. The third kappa shape index (κ3) is 3.96. The molecule has 1 spiro atoms. The summed E-state index contributed by atoms with van der Waals surface area (Å²) in [6, 6.07) is 1.54. The minimum atomic E-state index is -4.31. The lowest BCUT2D eigenvalue weighted by Crippen LogP contribution is -2.68. The van der Waals surface area contributed by atoms with Crippen molar-refractivity contribution < 1.29 is 21.9 Å². The Hall–Kier alpha value is -1.47. The second-order valence-electron chi connectivity index (χ2n) is 7.74. The molecule has 1 aliphatic heterocycles. The van der Waals surface area contributed by atoms with Crippen molar-refractivity contribution in [3.05, 3.63) is 23.1 Å². The molecule has 0 radical (unpaired) electrons. The Kier molecular flexibility index (Phi) is 5.26. The van der Waals surface area contributed by atoms with Crippen molar-refractivity contribution in [2.24, 2.45) is 5.41 Å². The molecule has 2 aliphatic rings. The molecule has 4 rings (SSSR count). The Morgan fingerprint density at radius 1 is 1.45 bits per heavy atom. The van der Waals surface area contributed by atoms with Gasteiger partial charge in [-0.05, 0) is 31.4 Å². The van der Waals surface area contributed by atoms with Crippen LogP contribution in [0.25, 0.3) is 5.52 Å². The van der Waals surface area contributed by atoms with E-state index in [9.17, 15) is 21.9 Å². The van der Waals surface area contributed by atoms with Crippen LogP contribution in [0, 0.1) is 12.3 Å². The van der Waals surface area contributed by atoms with Crippen molar-refractivity contribution in [2.75, 3.05) is 24.5 Å². The Labute approximate surface area is 172 Å². The van der Waals surface area contributed by atoms with E-state index < -0.39 is 30.4 Å². The molecule has 13 heteroatoms. The van der Waals surface area contributed by atoms with Gasteiger partial charge in [0, 0.05) is 31.1 Å². The number of nitrogens with zero attached hydrogens (tertiary/aromatic N) is 5. The van der Waals surface area contributed by atoms with E-state index in [4.69, 9.17) is 11.6 Å². The van der Waals surface area contributed by atoms with Crippen LogP contribution in [0.5, 0.6) is 0 Å². The second kappa shape index (κ2) is 7.34. The molecule has 2 aromatic heterocycles. The quantitative estimate of drug-likeness (QED) is 0.517. The fourth-order valence-corrected chi connectivity index (χ4v) is 5.19. The summed E-state index contributed by atoms with van der Waals surface area (Å²) in [5.74, 6) is 0.782. The lowest BCUT2D eigenvalue weighted by Gasteiger charge is -2.60. The molecule has 1 saturated carbocycles. The van der Waals surface area contributed by atoms with Crippen LogP contribution in [0.4, 0.5) is 19.0 Å². The van der Waals surface area contributed by atoms with Crippen molar-refractivity contribution in [3.63, 3.8) is 0 Å². The Bertz CT molecular complexity index is 941. The van der Waals surface area contributed by atoms with Gasteiger partial charge >= 0.3 is 6.18 Å². The van der Waals surface area contributed by atoms with E-state index in [2.05, 4.69) is 20.4 Å². The topological polar surface area (TPSA) is 86.0 Å². The maximum atomic E-state index is 12.3. The number of aryl methyl sites for hydroxylation is 1. The highest BCUT2D eigenvalue weighted by Gasteiger charge is 2.55. The summed E-state index contributed by atoms with van der Waals surface area (Å²) < 4.78 is 60.6. The van der Waals surface area contributed by atoms with E-state index in [1.165, 1.54) is 6.33 Å². The predicted octanol–water partition coefficient (Wildman–Crippen LogP) is 2.56. The summed E-state index contributed by atoms with van der Waals surface area (Å²) in [6.45, 7) is 2.93. The summed E-state index contributed by atoms with van der Waals surface area (Å²) in [4.78, 5) is 6.50. The highest BCUT2D eigenvalue weighted by molar-refractivity contribution is 7.76. The van der Waals surface area contributed by atoms with Crippen LogP contribution in [-0.4, -0.2) is 59.6 Å². The van der Waals surface area contributed by atoms with Crippen LogP contribution in [0.3, 0.4) is 0 Å². The van der Waals surface area contributed by atoms with Gasteiger partial charge in [-0.15, -0.1) is 4.41 Å². The van der Waals surface area contributed by atoms with E-state index in [-0.39, 0.29) is 11.5 Å². The molecule has 2 aromatic rings. The van der Waals surface area contributed by atoms with Crippen molar-refractivity contribution in [1.29, 1.82) is 0 Å². The average Bonchev–Trinajstić information content (AvgIpc) is 2.84. The molecule has 2 fully saturated rings. The van der Waals surface area contributed by atoms with Gasteiger partial charge in [-0.25, -0.2) is 19.1 Å². The van der Waals surface area contributed by atoms with Crippen molar-refractivity contribution in [1.82, 2.24) is 24.4 Å². The summed E-state index contributed by atoms with van der Waals surface area (Å²) in [7, 11) is 0. The molecule has 8 nitrogen and oxygen atoms in total. The number of aromatic nitrogens is 3. The normalized spacial score (nSPS) is 20.3. The number of halogens is 4. The van der Waals surface area contributed by atoms with Gasteiger partial charge in [-0.3, -0.25) is 4.55 Å². The van der Waals surface area contributed by atoms with Crippen LogP contribution < -0.4 is 10.3 Å². The number of alkyl halides is 3. The van der Waals surface area contributed by atoms with Gasteiger partial charge in [-0.1, -0.05) is 11.6 Å². The van der Waals surface area contributed by atoms with E-state index in [1.54, 1.807) is 4.52 Å². The number of anilines is 1. The maximum Gasteiger partial charge on any atom is 0.390 e. The first-order valence-electron chi connectivity index (χ1n) is 9.03. The summed E-state index contributed by atoms with van der Waals surface area (Å²) in [5, 5.41) is 4.67. The zero-order chi connectivity index (χ0) is 21.0. The van der Waals surface area contributed by atoms with Gasteiger partial charge in [0.2, 0.25) is 11.3 Å². The van der Waals surface area contributed by atoms with Crippen LogP contribution in [-0.2, 0) is 11.3 Å². The van der Waals surface area contributed by atoms with Gasteiger partial charge in [-0.2, -0.15) is 18.3 Å². The van der Waals surface area contributed by atoms with Crippen LogP contribution in [0.2, 0.25) is 5.15 Å². The Balaban J connectivity index is 1.37. The molecule has 29 heavy (non-hydrogen) atoms. The molecular formula is C16H20ClF3N6O2S. The van der Waals surface area contributed by atoms with E-state index in [0.29, 0.717) is 31.1 Å². The smallest absolute Gasteiger partial charge is 0.354 e. The zero-order valence-electron chi connectivity index (χ0n) is 15.5. The highest BCUT2D eigenvalue weighted by atomic mass is 35.5. The van der Waals surface area contributed by atoms with Gasteiger partial charge in [0.1, 0.15) is 17.0 Å². The molecule has 0 aromatic carbocycles. The van der Waals surface area contributed by atoms with E-state index in [0.717, 1.165) is 21.3 Å². The monoisotopic (exact) mass is 452 g/mol. The van der Waals surface area contributed by atoms with E-state index in [1.807, 2.05) is 13.0 Å². The zero-order valence-corrected chi connectivity index (χ0v) is 17.1. The van der Waals surface area contributed by atoms with Crippen molar-refractivity contribution in [3.8, 4) is 0 Å². The molecule has 1 unspecified atom stereocenters. The van der Waals surface area contributed by atoms with Crippen LogP contribution in [0.15, 0.2) is 12.4 Å².